The van der Waals surface area contributed by atoms with Gasteiger partial charge in [-0.2, -0.15) is 0 Å². The largest absolute Gasteiger partial charge is 0.426 e. The molecule has 2 aromatic carbocycles. The quantitative estimate of drug-likeness (QED) is 0.732. The zero-order chi connectivity index (χ0) is 16.4. The fraction of sp³-hybridized carbons (Fsp3) is 0.263. The number of hydrogen-bond donors (Lipinski definition) is 0. The lowest BCUT2D eigenvalue weighted by Gasteiger charge is -2.05. The van der Waals surface area contributed by atoms with Gasteiger partial charge in [-0.3, -0.25) is 4.79 Å². The first-order valence-corrected chi connectivity index (χ1v) is 7.79. The number of oxazole rings is 1. The Balaban J connectivity index is 1.88. The summed E-state index contributed by atoms with van der Waals surface area (Å²) in [5.74, 6) is -0.518. The monoisotopic (exact) mass is 309 g/mol. The van der Waals surface area contributed by atoms with Gasteiger partial charge >= 0.3 is 5.76 Å². The van der Waals surface area contributed by atoms with Crippen LogP contribution in [0, 0.1) is 0 Å². The summed E-state index contributed by atoms with van der Waals surface area (Å²) in [6, 6.07) is 15.3. The number of carbonyl (C=O) groups excluding carboxylic acids is 1. The number of aromatic nitrogens is 1. The molecule has 0 saturated carbocycles. The van der Waals surface area contributed by atoms with Crippen LogP contribution in [0.4, 0.5) is 0 Å². The summed E-state index contributed by atoms with van der Waals surface area (Å²) in [4.78, 5) is 24.5. The first kappa shape index (κ1) is 15.3. The zero-order valence-corrected chi connectivity index (χ0v) is 13.3. The van der Waals surface area contributed by atoms with Gasteiger partial charge in [-0.25, -0.2) is 9.36 Å². The van der Waals surface area contributed by atoms with Crippen LogP contribution in [0.3, 0.4) is 0 Å². The second kappa shape index (κ2) is 6.24. The van der Waals surface area contributed by atoms with Gasteiger partial charge in [0.1, 0.15) is 0 Å². The molecule has 4 nitrogen and oxygen atoms in total. The van der Waals surface area contributed by atoms with E-state index in [1.54, 1.807) is 6.07 Å². The number of fused-ring (bicyclic) bond motifs is 1. The molecule has 0 bridgehead atoms. The van der Waals surface area contributed by atoms with E-state index in [1.807, 2.05) is 42.5 Å². The van der Waals surface area contributed by atoms with Crippen molar-refractivity contribution < 1.29 is 9.21 Å². The molecule has 118 valence electrons. The fourth-order valence-corrected chi connectivity index (χ4v) is 2.64. The highest BCUT2D eigenvalue weighted by molar-refractivity contribution is 5.89. The first-order chi connectivity index (χ1) is 11.1. The van der Waals surface area contributed by atoms with Crippen molar-refractivity contribution in [3.8, 4) is 0 Å². The van der Waals surface area contributed by atoms with E-state index in [4.69, 9.17) is 4.42 Å². The summed E-state index contributed by atoms with van der Waals surface area (Å²) in [7, 11) is 0. The Hall–Kier alpha value is -2.62. The summed E-state index contributed by atoms with van der Waals surface area (Å²) < 4.78 is 6.39. The van der Waals surface area contributed by atoms with Crippen LogP contribution >= 0.6 is 0 Å². The molecule has 0 atom stereocenters. The average molecular weight is 309 g/mol. The van der Waals surface area contributed by atoms with Crippen LogP contribution in [0.2, 0.25) is 0 Å². The smallest absolute Gasteiger partial charge is 0.407 e. The Morgan fingerprint density at radius 2 is 1.87 bits per heavy atom. The zero-order valence-electron chi connectivity index (χ0n) is 13.3. The molecule has 0 fully saturated rings. The summed E-state index contributed by atoms with van der Waals surface area (Å²) in [5, 5.41) is 0. The van der Waals surface area contributed by atoms with Gasteiger partial charge in [0.2, 0.25) is 5.91 Å². The topological polar surface area (TPSA) is 52.2 Å². The van der Waals surface area contributed by atoms with E-state index >= 15 is 0 Å². The van der Waals surface area contributed by atoms with Gasteiger partial charge < -0.3 is 4.42 Å². The van der Waals surface area contributed by atoms with Gasteiger partial charge in [0.05, 0.1) is 5.52 Å². The minimum absolute atomic E-state index is 0.241. The maximum Gasteiger partial charge on any atom is 0.426 e. The number of nitrogens with zero attached hydrogens (tertiary/aromatic N) is 1. The average Bonchev–Trinajstić information content (AvgIpc) is 2.88. The van der Waals surface area contributed by atoms with Crippen molar-refractivity contribution in [2.75, 3.05) is 0 Å². The highest BCUT2D eigenvalue weighted by atomic mass is 16.4. The molecule has 0 aliphatic rings. The Bertz CT molecular complexity index is 888. The van der Waals surface area contributed by atoms with Crippen molar-refractivity contribution in [2.24, 2.45) is 0 Å². The number of carbonyl (C=O) groups is 1. The maximum atomic E-state index is 12.4. The third-order valence-corrected chi connectivity index (χ3v) is 3.99. The second-order valence-corrected chi connectivity index (χ2v) is 5.96. The van der Waals surface area contributed by atoms with Crippen molar-refractivity contribution in [3.63, 3.8) is 0 Å². The lowest BCUT2D eigenvalue weighted by Crippen LogP contribution is -2.22. The third-order valence-electron chi connectivity index (χ3n) is 3.99. The lowest BCUT2D eigenvalue weighted by atomic mass is 10.0. The van der Waals surface area contributed by atoms with Crippen molar-refractivity contribution >= 4 is 17.0 Å². The van der Waals surface area contributed by atoms with Crippen molar-refractivity contribution in [2.45, 2.75) is 32.6 Å². The molecule has 3 aromatic rings. The van der Waals surface area contributed by atoms with E-state index in [1.165, 1.54) is 0 Å². The van der Waals surface area contributed by atoms with Crippen LogP contribution in [0.15, 0.2) is 57.7 Å². The minimum Gasteiger partial charge on any atom is -0.407 e. The van der Waals surface area contributed by atoms with E-state index in [0.29, 0.717) is 23.4 Å². The standard InChI is InChI=1S/C19H19NO3/c1-13(2)15-9-10-16-17(12-15)23-19(22)20(16)18(21)11-8-14-6-4-3-5-7-14/h3-7,9-10,12-13H,8,11H2,1-2H3. The molecule has 4 heteroatoms. The van der Waals surface area contributed by atoms with Crippen molar-refractivity contribution in [1.29, 1.82) is 0 Å². The van der Waals surface area contributed by atoms with E-state index in [9.17, 15) is 9.59 Å². The highest BCUT2D eigenvalue weighted by Gasteiger charge is 2.16. The lowest BCUT2D eigenvalue weighted by molar-refractivity contribution is 0.0899. The van der Waals surface area contributed by atoms with Gasteiger partial charge in [-0.05, 0) is 35.6 Å². The van der Waals surface area contributed by atoms with Crippen molar-refractivity contribution in [1.82, 2.24) is 4.57 Å². The van der Waals surface area contributed by atoms with Gasteiger partial charge in [0.15, 0.2) is 5.58 Å². The fourth-order valence-electron chi connectivity index (χ4n) is 2.64. The Morgan fingerprint density at radius 3 is 2.57 bits per heavy atom. The molecule has 0 aliphatic heterocycles. The minimum atomic E-state index is -0.612. The summed E-state index contributed by atoms with van der Waals surface area (Å²) in [6.07, 6.45) is 0.868. The summed E-state index contributed by atoms with van der Waals surface area (Å²) in [5.41, 5.74) is 3.16. The third kappa shape index (κ3) is 3.11. The maximum absolute atomic E-state index is 12.4. The molecule has 0 amide bonds. The normalized spacial score (nSPS) is 11.3. The molecular formula is C19H19NO3. The summed E-state index contributed by atoms with van der Waals surface area (Å²) >= 11 is 0. The number of aryl methyl sites for hydroxylation is 1. The predicted octanol–water partition coefficient (Wildman–Crippen LogP) is 3.99. The molecule has 1 aromatic heterocycles. The van der Waals surface area contributed by atoms with Crippen LogP contribution in [0.1, 0.15) is 42.1 Å². The molecule has 23 heavy (non-hydrogen) atoms. The molecule has 0 aliphatic carbocycles. The van der Waals surface area contributed by atoms with E-state index in [2.05, 4.69) is 13.8 Å². The number of benzene rings is 2. The molecule has 0 N–H and O–H groups in total. The van der Waals surface area contributed by atoms with Crippen molar-refractivity contribution in [3.05, 3.63) is 70.2 Å². The molecule has 1 heterocycles. The van der Waals surface area contributed by atoms with E-state index < -0.39 is 5.76 Å². The van der Waals surface area contributed by atoms with Crippen LogP contribution < -0.4 is 5.76 Å². The van der Waals surface area contributed by atoms with Gasteiger partial charge in [0.25, 0.3) is 0 Å². The molecule has 0 unspecified atom stereocenters. The number of hydrogen-bond acceptors (Lipinski definition) is 3. The Kier molecular flexibility index (Phi) is 4.15. The molecule has 0 saturated heterocycles. The second-order valence-electron chi connectivity index (χ2n) is 5.96. The van der Waals surface area contributed by atoms with E-state index in [-0.39, 0.29) is 12.3 Å². The van der Waals surface area contributed by atoms with E-state index in [0.717, 1.165) is 15.7 Å². The molecule has 3 rings (SSSR count). The SMILES string of the molecule is CC(C)c1ccc2c(c1)oc(=O)n2C(=O)CCc1ccccc1. The van der Waals surface area contributed by atoms with Crippen LogP contribution in [0.25, 0.3) is 11.1 Å². The molecule has 0 radical (unpaired) electrons. The van der Waals surface area contributed by atoms with Gasteiger partial charge in [-0.1, -0.05) is 50.2 Å². The van der Waals surface area contributed by atoms with Crippen LogP contribution in [-0.4, -0.2) is 10.5 Å². The van der Waals surface area contributed by atoms with Crippen LogP contribution in [0.5, 0.6) is 0 Å². The first-order valence-electron chi connectivity index (χ1n) is 7.79. The van der Waals surface area contributed by atoms with Gasteiger partial charge in [0, 0.05) is 6.42 Å². The Morgan fingerprint density at radius 1 is 1.13 bits per heavy atom. The molecular weight excluding hydrogens is 290 g/mol. The van der Waals surface area contributed by atoms with Crippen LogP contribution in [-0.2, 0) is 6.42 Å². The Labute approximate surface area is 134 Å². The highest BCUT2D eigenvalue weighted by Crippen LogP contribution is 2.21. The number of rotatable bonds is 4. The summed E-state index contributed by atoms with van der Waals surface area (Å²) in [6.45, 7) is 4.14. The molecule has 0 spiro atoms. The predicted molar refractivity (Wildman–Crippen MR) is 90.0 cm³/mol. The van der Waals surface area contributed by atoms with Gasteiger partial charge in [-0.15, -0.1) is 0 Å².